The molecule has 1 aliphatic carbocycles. The highest BCUT2D eigenvalue weighted by Crippen LogP contribution is 2.59. The number of nitrogens with zero attached hydrogens (tertiary/aromatic N) is 3. The minimum atomic E-state index is -0.542. The van der Waals surface area contributed by atoms with Crippen LogP contribution in [0.25, 0.3) is 11.0 Å². The van der Waals surface area contributed by atoms with E-state index in [9.17, 15) is 14.0 Å². The maximum absolute atomic E-state index is 14.0. The number of fused-ring (bicyclic) bond motifs is 1. The summed E-state index contributed by atoms with van der Waals surface area (Å²) < 4.78 is 21.0. The number of hydrogen-bond acceptors (Lipinski definition) is 4. The molecule has 1 N–H and O–H groups in total. The van der Waals surface area contributed by atoms with Crippen molar-refractivity contribution in [2.75, 3.05) is 26.7 Å². The van der Waals surface area contributed by atoms with Crippen molar-refractivity contribution in [1.29, 1.82) is 0 Å². The zero-order valence-corrected chi connectivity index (χ0v) is 19.5. The fourth-order valence-corrected chi connectivity index (χ4v) is 5.25. The Kier molecular flexibility index (Phi) is 5.75. The Morgan fingerprint density at radius 3 is 2.68 bits per heavy atom. The summed E-state index contributed by atoms with van der Waals surface area (Å²) in [6, 6.07) is 12.3. The summed E-state index contributed by atoms with van der Waals surface area (Å²) in [5.41, 5.74) is 2.36. The molecule has 0 bridgehead atoms. The van der Waals surface area contributed by atoms with Gasteiger partial charge < -0.3 is 19.5 Å². The van der Waals surface area contributed by atoms with Crippen LogP contribution in [0.3, 0.4) is 0 Å². The SMILES string of the molecule is COc1ccc(C(=O)N2CCC3(CC2)C[C@H]3C(=O)NCCc2nc3ccccc3n2C)cc1F. The van der Waals surface area contributed by atoms with Gasteiger partial charge in [0, 0.05) is 44.6 Å². The third kappa shape index (κ3) is 4.02. The van der Waals surface area contributed by atoms with E-state index in [1.165, 1.54) is 19.2 Å². The van der Waals surface area contributed by atoms with E-state index in [2.05, 4.69) is 14.9 Å². The number of ether oxygens (including phenoxy) is 1. The van der Waals surface area contributed by atoms with E-state index in [0.717, 1.165) is 36.1 Å². The number of benzene rings is 2. The van der Waals surface area contributed by atoms with Gasteiger partial charge in [-0.15, -0.1) is 0 Å². The van der Waals surface area contributed by atoms with Crippen molar-refractivity contribution >= 4 is 22.8 Å². The van der Waals surface area contributed by atoms with Crippen LogP contribution in [0.4, 0.5) is 4.39 Å². The molecular weight excluding hydrogens is 435 g/mol. The molecule has 0 radical (unpaired) electrons. The van der Waals surface area contributed by atoms with Gasteiger partial charge in [-0.2, -0.15) is 0 Å². The molecule has 178 valence electrons. The Morgan fingerprint density at radius 2 is 1.97 bits per heavy atom. The van der Waals surface area contributed by atoms with Crippen molar-refractivity contribution < 1.29 is 18.7 Å². The number of likely N-dealkylation sites (tertiary alicyclic amines) is 1. The van der Waals surface area contributed by atoms with Crippen molar-refractivity contribution in [3.8, 4) is 5.75 Å². The quantitative estimate of drug-likeness (QED) is 0.607. The van der Waals surface area contributed by atoms with Crippen molar-refractivity contribution in [1.82, 2.24) is 19.8 Å². The second-order valence-electron chi connectivity index (χ2n) is 9.38. The van der Waals surface area contributed by atoms with Gasteiger partial charge >= 0.3 is 0 Å². The molecule has 8 heteroatoms. The lowest BCUT2D eigenvalue weighted by molar-refractivity contribution is -0.123. The van der Waals surface area contributed by atoms with E-state index in [1.807, 2.05) is 31.3 Å². The molecule has 1 saturated heterocycles. The molecule has 2 fully saturated rings. The number of para-hydroxylation sites is 2. The number of halogens is 1. The highest BCUT2D eigenvalue weighted by Gasteiger charge is 2.58. The second-order valence-corrected chi connectivity index (χ2v) is 9.38. The molecule has 1 spiro atoms. The minimum Gasteiger partial charge on any atom is -0.494 e. The lowest BCUT2D eigenvalue weighted by Crippen LogP contribution is -2.40. The molecule has 2 aliphatic rings. The normalized spacial score (nSPS) is 18.8. The number of imidazole rings is 1. The zero-order valence-electron chi connectivity index (χ0n) is 19.5. The molecule has 1 saturated carbocycles. The maximum Gasteiger partial charge on any atom is 0.253 e. The standard InChI is InChI=1S/C26H29FN4O3/c1-30-21-6-4-3-5-20(21)29-23(30)9-12-28-24(32)18-16-26(18)10-13-31(14-11-26)25(33)17-7-8-22(34-2)19(27)15-17/h3-8,15,18H,9-14,16H2,1-2H3,(H,28,32)/t18-/m0/s1. The van der Waals surface area contributed by atoms with Gasteiger partial charge in [0.15, 0.2) is 11.6 Å². The van der Waals surface area contributed by atoms with Gasteiger partial charge in [0.05, 0.1) is 18.1 Å². The van der Waals surface area contributed by atoms with E-state index < -0.39 is 5.82 Å². The molecule has 1 aliphatic heterocycles. The fraction of sp³-hybridized carbons (Fsp3) is 0.423. The van der Waals surface area contributed by atoms with E-state index in [4.69, 9.17) is 4.74 Å². The van der Waals surface area contributed by atoms with Gasteiger partial charge in [0.25, 0.3) is 5.91 Å². The Hall–Kier alpha value is -3.42. The van der Waals surface area contributed by atoms with E-state index in [1.54, 1.807) is 11.0 Å². The average Bonchev–Trinajstić information content (AvgIpc) is 3.46. The molecule has 1 atom stereocenters. The van der Waals surface area contributed by atoms with Crippen molar-refractivity contribution in [3.05, 3.63) is 59.7 Å². The first-order chi connectivity index (χ1) is 16.4. The number of amides is 2. The molecule has 3 aromatic rings. The molecule has 2 amide bonds. The number of rotatable bonds is 6. The Balaban J connectivity index is 1.11. The predicted molar refractivity (Wildman–Crippen MR) is 126 cm³/mol. The minimum absolute atomic E-state index is 0.00336. The third-order valence-corrected chi connectivity index (χ3v) is 7.48. The number of nitrogens with one attached hydrogen (secondary N) is 1. The number of aromatic nitrogens is 2. The lowest BCUT2D eigenvalue weighted by atomic mass is 9.90. The first-order valence-corrected chi connectivity index (χ1v) is 11.7. The van der Waals surface area contributed by atoms with Crippen LogP contribution >= 0.6 is 0 Å². The van der Waals surface area contributed by atoms with Crippen LogP contribution in [0.1, 0.15) is 35.4 Å². The first-order valence-electron chi connectivity index (χ1n) is 11.7. The monoisotopic (exact) mass is 464 g/mol. The van der Waals surface area contributed by atoms with Crippen LogP contribution in [-0.2, 0) is 18.3 Å². The number of hydrogen-bond donors (Lipinski definition) is 1. The maximum atomic E-state index is 14.0. The summed E-state index contributed by atoms with van der Waals surface area (Å²) in [6.45, 7) is 1.71. The number of piperidine rings is 1. The van der Waals surface area contributed by atoms with Crippen LogP contribution < -0.4 is 10.1 Å². The summed E-state index contributed by atoms with van der Waals surface area (Å²) in [5, 5.41) is 3.09. The number of carbonyl (C=O) groups is 2. The number of methoxy groups -OCH3 is 1. The van der Waals surface area contributed by atoms with E-state index >= 15 is 0 Å². The summed E-state index contributed by atoms with van der Waals surface area (Å²) in [6.07, 6.45) is 3.13. The van der Waals surface area contributed by atoms with Gasteiger partial charge in [-0.25, -0.2) is 9.37 Å². The van der Waals surface area contributed by atoms with Crippen LogP contribution in [0, 0.1) is 17.2 Å². The summed E-state index contributed by atoms with van der Waals surface area (Å²) in [5.74, 6) is 0.449. The van der Waals surface area contributed by atoms with Crippen LogP contribution in [0.5, 0.6) is 5.75 Å². The van der Waals surface area contributed by atoms with Crippen LogP contribution in [-0.4, -0.2) is 53.0 Å². The van der Waals surface area contributed by atoms with E-state index in [0.29, 0.717) is 31.6 Å². The van der Waals surface area contributed by atoms with Gasteiger partial charge in [-0.05, 0) is 55.0 Å². The number of aryl methyl sites for hydroxylation is 1. The first kappa shape index (κ1) is 22.4. The molecule has 34 heavy (non-hydrogen) atoms. The van der Waals surface area contributed by atoms with Gasteiger partial charge in [0.1, 0.15) is 5.82 Å². The molecule has 5 rings (SSSR count). The molecular formula is C26H29FN4O3. The Labute approximate surface area is 197 Å². The number of carbonyl (C=O) groups excluding carboxylic acids is 2. The smallest absolute Gasteiger partial charge is 0.253 e. The summed E-state index contributed by atoms with van der Waals surface area (Å²) in [4.78, 5) is 32.0. The van der Waals surface area contributed by atoms with Crippen molar-refractivity contribution in [3.63, 3.8) is 0 Å². The Morgan fingerprint density at radius 1 is 1.21 bits per heavy atom. The summed E-state index contributed by atoms with van der Waals surface area (Å²) in [7, 11) is 3.39. The van der Waals surface area contributed by atoms with Gasteiger partial charge in [0.2, 0.25) is 5.91 Å². The lowest BCUT2D eigenvalue weighted by Gasteiger charge is -2.33. The average molecular weight is 465 g/mol. The fourth-order valence-electron chi connectivity index (χ4n) is 5.25. The van der Waals surface area contributed by atoms with Gasteiger partial charge in [-0.3, -0.25) is 9.59 Å². The summed E-state index contributed by atoms with van der Waals surface area (Å²) >= 11 is 0. The molecule has 2 aromatic carbocycles. The van der Waals surface area contributed by atoms with E-state index in [-0.39, 0.29) is 28.9 Å². The molecule has 0 unspecified atom stereocenters. The zero-order chi connectivity index (χ0) is 23.9. The second kappa shape index (κ2) is 8.74. The highest BCUT2D eigenvalue weighted by molar-refractivity contribution is 5.94. The third-order valence-electron chi connectivity index (χ3n) is 7.48. The molecule has 1 aromatic heterocycles. The molecule has 2 heterocycles. The van der Waals surface area contributed by atoms with Gasteiger partial charge in [-0.1, -0.05) is 12.1 Å². The largest absolute Gasteiger partial charge is 0.494 e. The Bertz CT molecular complexity index is 1250. The van der Waals surface area contributed by atoms with Crippen LogP contribution in [0.15, 0.2) is 42.5 Å². The van der Waals surface area contributed by atoms with Crippen molar-refractivity contribution in [2.45, 2.75) is 25.7 Å². The molecule has 7 nitrogen and oxygen atoms in total. The topological polar surface area (TPSA) is 76.5 Å². The van der Waals surface area contributed by atoms with Crippen LogP contribution in [0.2, 0.25) is 0 Å². The predicted octanol–water partition coefficient (Wildman–Crippen LogP) is 3.32. The highest BCUT2D eigenvalue weighted by atomic mass is 19.1. The van der Waals surface area contributed by atoms with Crippen molar-refractivity contribution in [2.24, 2.45) is 18.4 Å².